The quantitative estimate of drug-likeness (QED) is 0.611. The number of carbonyl (C=O) groups is 1. The Labute approximate surface area is 156 Å². The lowest BCUT2D eigenvalue weighted by Crippen LogP contribution is -2.35. The van der Waals surface area contributed by atoms with E-state index in [4.69, 9.17) is 0 Å². The average Bonchev–Trinajstić information content (AvgIpc) is 2.89. The van der Waals surface area contributed by atoms with Gasteiger partial charge < -0.3 is 4.90 Å². The predicted octanol–water partition coefficient (Wildman–Crippen LogP) is 4.30. The topological polar surface area (TPSA) is 32.7 Å². The fraction of sp³-hybridized carbons (Fsp3) is 0.333. The van der Waals surface area contributed by atoms with Crippen LogP contribution in [0.15, 0.2) is 34.2 Å². The van der Waals surface area contributed by atoms with Gasteiger partial charge in [0.15, 0.2) is 5.17 Å². The molecule has 2 heterocycles. The summed E-state index contributed by atoms with van der Waals surface area (Å²) in [5, 5.41) is 0.647. The molecule has 0 spiro atoms. The van der Waals surface area contributed by atoms with E-state index in [-0.39, 0.29) is 22.9 Å². The Morgan fingerprint density at radius 3 is 2.58 bits per heavy atom. The smallest absolute Gasteiger partial charge is 0.349 e. The third kappa shape index (κ3) is 4.58. The maximum atomic E-state index is 12.7. The minimum atomic E-state index is -4.39. The molecule has 9 heteroatoms. The number of aliphatic imine (C=N–C) groups is 1. The largest absolute Gasteiger partial charge is 0.416 e. The number of hydrogen-bond donors (Lipinski definition) is 0. The van der Waals surface area contributed by atoms with Gasteiger partial charge in [0.1, 0.15) is 0 Å². The zero-order valence-corrected chi connectivity index (χ0v) is 15.7. The summed E-state index contributed by atoms with van der Waals surface area (Å²) in [6, 6.07) is 4.93. The van der Waals surface area contributed by atoms with Crippen LogP contribution in [0.2, 0.25) is 0 Å². The average molecular weight is 439 g/mol. The second kappa shape index (κ2) is 7.97. The highest BCUT2D eigenvalue weighted by Gasteiger charge is 2.31. The van der Waals surface area contributed by atoms with E-state index >= 15 is 0 Å². The second-order valence-electron chi connectivity index (χ2n) is 5.03. The number of amides is 1. The first-order valence-corrected chi connectivity index (χ1v) is 8.93. The Bertz CT molecular complexity index is 686. The van der Waals surface area contributed by atoms with Crippen molar-refractivity contribution < 1.29 is 18.0 Å². The molecule has 24 heavy (non-hydrogen) atoms. The van der Waals surface area contributed by atoms with Crippen LogP contribution >= 0.6 is 40.5 Å². The highest BCUT2D eigenvalue weighted by atomic mass is 79.9. The number of benzene rings is 1. The number of halogens is 4. The van der Waals surface area contributed by atoms with Crippen molar-refractivity contribution in [3.05, 3.63) is 40.3 Å². The van der Waals surface area contributed by atoms with Crippen LogP contribution in [0.1, 0.15) is 11.1 Å². The Kier molecular flexibility index (Phi) is 6.44. The minimum absolute atomic E-state index is 0. The third-order valence-corrected chi connectivity index (χ3v) is 5.39. The van der Waals surface area contributed by atoms with Crippen molar-refractivity contribution in [2.45, 2.75) is 6.18 Å². The molecule has 2 aliphatic heterocycles. The summed E-state index contributed by atoms with van der Waals surface area (Å²) in [6.07, 6.45) is -2.92. The van der Waals surface area contributed by atoms with Crippen LogP contribution in [-0.4, -0.2) is 40.6 Å². The summed E-state index contributed by atoms with van der Waals surface area (Å²) < 4.78 is 38.2. The first-order valence-electron chi connectivity index (χ1n) is 6.96. The molecule has 1 amide bonds. The molecule has 0 radical (unpaired) electrons. The van der Waals surface area contributed by atoms with Crippen LogP contribution < -0.4 is 0 Å². The molecule has 130 valence electrons. The van der Waals surface area contributed by atoms with Gasteiger partial charge in [-0.15, -0.1) is 17.0 Å². The Hall–Kier alpha value is -0.930. The number of thioether (sulfide) groups is 2. The van der Waals surface area contributed by atoms with Gasteiger partial charge in [-0.3, -0.25) is 4.79 Å². The molecule has 0 bridgehead atoms. The van der Waals surface area contributed by atoms with E-state index in [2.05, 4.69) is 4.99 Å². The molecule has 1 aromatic rings. The molecule has 2 aliphatic rings. The number of nitrogens with zero attached hydrogens (tertiary/aromatic N) is 2. The van der Waals surface area contributed by atoms with Crippen molar-refractivity contribution in [2.24, 2.45) is 4.99 Å². The van der Waals surface area contributed by atoms with Crippen molar-refractivity contribution >= 4 is 57.7 Å². The van der Waals surface area contributed by atoms with Crippen molar-refractivity contribution in [1.29, 1.82) is 0 Å². The van der Waals surface area contributed by atoms with E-state index in [0.717, 1.165) is 36.7 Å². The van der Waals surface area contributed by atoms with Crippen LogP contribution in [0.25, 0.3) is 6.08 Å². The number of amidine groups is 1. The lowest BCUT2D eigenvalue weighted by molar-refractivity contribution is -0.137. The van der Waals surface area contributed by atoms with E-state index < -0.39 is 11.7 Å². The van der Waals surface area contributed by atoms with Gasteiger partial charge in [0.05, 0.1) is 10.5 Å². The zero-order chi connectivity index (χ0) is 16.4. The molecule has 0 aromatic heterocycles. The molecule has 1 aromatic carbocycles. The van der Waals surface area contributed by atoms with E-state index in [1.54, 1.807) is 6.07 Å². The summed E-state index contributed by atoms with van der Waals surface area (Å²) >= 11 is 3.08. The Balaban J connectivity index is 0.00000208. The molecule has 0 saturated carbocycles. The molecule has 1 saturated heterocycles. The van der Waals surface area contributed by atoms with Crippen molar-refractivity contribution in [1.82, 2.24) is 4.90 Å². The summed E-state index contributed by atoms with van der Waals surface area (Å²) in [6.45, 7) is 1.67. The molecular formula is C15H14BrF3N2OS2. The number of rotatable bonds is 1. The van der Waals surface area contributed by atoms with Crippen LogP contribution in [0.4, 0.5) is 13.2 Å². The predicted molar refractivity (Wildman–Crippen MR) is 98.7 cm³/mol. The van der Waals surface area contributed by atoms with Gasteiger partial charge >= 0.3 is 6.18 Å². The first-order chi connectivity index (χ1) is 10.9. The van der Waals surface area contributed by atoms with Crippen LogP contribution in [-0.2, 0) is 11.0 Å². The number of hydrogen-bond acceptors (Lipinski definition) is 4. The molecule has 0 N–H and O–H groups in total. The number of carbonyl (C=O) groups excluding carboxylic acids is 1. The molecule has 0 aliphatic carbocycles. The van der Waals surface area contributed by atoms with Crippen molar-refractivity contribution in [2.75, 3.05) is 24.6 Å². The lowest BCUT2D eigenvalue weighted by atomic mass is 10.1. The standard InChI is InChI=1S/C15H13F3N2OS2.BrH/c16-15(17,18)11-3-1-2-10(8-11)9-12-13(21)19-14(23-12)20-4-6-22-7-5-20;/h1-3,8-9H,4-7H2;1H. The highest BCUT2D eigenvalue weighted by molar-refractivity contribution is 8.93. The molecule has 0 unspecified atom stereocenters. The van der Waals surface area contributed by atoms with E-state index in [1.807, 2.05) is 16.7 Å². The van der Waals surface area contributed by atoms with E-state index in [1.165, 1.54) is 23.9 Å². The van der Waals surface area contributed by atoms with Crippen LogP contribution in [0.3, 0.4) is 0 Å². The van der Waals surface area contributed by atoms with Crippen LogP contribution in [0.5, 0.6) is 0 Å². The maximum Gasteiger partial charge on any atom is 0.416 e. The van der Waals surface area contributed by atoms with Gasteiger partial charge in [-0.1, -0.05) is 12.1 Å². The minimum Gasteiger partial charge on any atom is -0.349 e. The fourth-order valence-corrected chi connectivity index (χ4v) is 4.11. The second-order valence-corrected chi connectivity index (χ2v) is 7.27. The van der Waals surface area contributed by atoms with E-state index in [9.17, 15) is 18.0 Å². The van der Waals surface area contributed by atoms with Crippen molar-refractivity contribution in [3.8, 4) is 0 Å². The van der Waals surface area contributed by atoms with Gasteiger partial charge in [0.2, 0.25) is 0 Å². The summed E-state index contributed by atoms with van der Waals surface area (Å²) in [5.74, 6) is 1.58. The van der Waals surface area contributed by atoms with Gasteiger partial charge in [-0.2, -0.15) is 29.9 Å². The highest BCUT2D eigenvalue weighted by Crippen LogP contribution is 2.33. The van der Waals surface area contributed by atoms with Gasteiger partial charge in [-0.25, -0.2) is 0 Å². The fourth-order valence-electron chi connectivity index (χ4n) is 2.24. The molecule has 3 nitrogen and oxygen atoms in total. The van der Waals surface area contributed by atoms with Gasteiger partial charge in [0.25, 0.3) is 5.91 Å². The Morgan fingerprint density at radius 1 is 1.21 bits per heavy atom. The van der Waals surface area contributed by atoms with E-state index in [0.29, 0.717) is 15.6 Å². The zero-order valence-electron chi connectivity index (χ0n) is 12.4. The first kappa shape index (κ1) is 19.4. The molecular weight excluding hydrogens is 425 g/mol. The molecule has 0 atom stereocenters. The van der Waals surface area contributed by atoms with Gasteiger partial charge in [-0.05, 0) is 35.5 Å². The summed E-state index contributed by atoms with van der Waals surface area (Å²) in [4.78, 5) is 18.4. The van der Waals surface area contributed by atoms with Gasteiger partial charge in [0, 0.05) is 24.6 Å². The monoisotopic (exact) mass is 438 g/mol. The SMILES string of the molecule is Br.O=C1N=C(N2CCSCC2)SC1=Cc1cccc(C(F)(F)F)c1. The molecule has 1 fully saturated rings. The van der Waals surface area contributed by atoms with Crippen molar-refractivity contribution in [3.63, 3.8) is 0 Å². The normalized spacial score (nSPS) is 20.1. The molecule has 3 rings (SSSR count). The maximum absolute atomic E-state index is 12.7. The summed E-state index contributed by atoms with van der Waals surface area (Å²) in [7, 11) is 0. The summed E-state index contributed by atoms with van der Waals surface area (Å²) in [5.41, 5.74) is -0.377. The third-order valence-electron chi connectivity index (χ3n) is 3.40. The number of alkyl halides is 3. The Morgan fingerprint density at radius 2 is 1.92 bits per heavy atom. The van der Waals surface area contributed by atoms with Crippen LogP contribution in [0, 0.1) is 0 Å². The lowest BCUT2D eigenvalue weighted by Gasteiger charge is -2.26.